The molecular formula is C23H20N6O3S. The van der Waals surface area contributed by atoms with Crippen molar-refractivity contribution < 1.29 is 9.26 Å². The first-order chi connectivity index (χ1) is 16.1. The molecule has 5 rings (SSSR count). The van der Waals surface area contributed by atoms with Crippen molar-refractivity contribution in [2.24, 2.45) is 0 Å². The van der Waals surface area contributed by atoms with Crippen LogP contribution in [0.5, 0.6) is 5.75 Å². The van der Waals surface area contributed by atoms with Gasteiger partial charge >= 0.3 is 5.69 Å². The third-order valence-corrected chi connectivity index (χ3v) is 5.97. The Kier molecular flexibility index (Phi) is 5.43. The number of fused-ring (bicyclic) bond motifs is 1. The van der Waals surface area contributed by atoms with E-state index in [1.54, 1.807) is 31.9 Å². The van der Waals surface area contributed by atoms with Crippen molar-refractivity contribution in [3.8, 4) is 28.4 Å². The molecule has 0 aliphatic rings. The average Bonchev–Trinajstić information content (AvgIpc) is 3.44. The zero-order chi connectivity index (χ0) is 22.9. The molecule has 3 aromatic heterocycles. The molecule has 3 heterocycles. The smallest absolute Gasteiger partial charge is 0.352 e. The molecule has 0 bridgehead atoms. The zero-order valence-corrected chi connectivity index (χ0v) is 19.0. The fourth-order valence-corrected chi connectivity index (χ4v) is 3.93. The van der Waals surface area contributed by atoms with E-state index in [0.717, 1.165) is 21.8 Å². The highest BCUT2D eigenvalue weighted by Gasteiger charge is 2.16. The van der Waals surface area contributed by atoms with E-state index < -0.39 is 0 Å². The first-order valence-electron chi connectivity index (χ1n) is 10.1. The zero-order valence-electron chi connectivity index (χ0n) is 18.2. The van der Waals surface area contributed by atoms with Crippen LogP contribution in [0.4, 0.5) is 0 Å². The van der Waals surface area contributed by atoms with Gasteiger partial charge in [0.15, 0.2) is 5.65 Å². The number of thioether (sulfide) groups is 1. The normalized spacial score (nSPS) is 11.2. The van der Waals surface area contributed by atoms with E-state index >= 15 is 0 Å². The number of hydrogen-bond acceptors (Lipinski definition) is 8. The summed E-state index contributed by atoms with van der Waals surface area (Å²) in [5.41, 5.74) is 2.63. The SMILES string of the molecule is COc1ccc(-c2cc3nn(Cc4nc(-c5ccc(SC)cc5)no4)c(=O)n3c(C)n2)cc1. The average molecular weight is 461 g/mol. The number of rotatable bonds is 6. The lowest BCUT2D eigenvalue weighted by atomic mass is 10.1. The minimum atomic E-state index is -0.319. The molecule has 166 valence electrons. The minimum Gasteiger partial charge on any atom is -0.497 e. The van der Waals surface area contributed by atoms with E-state index in [1.807, 2.05) is 54.8 Å². The van der Waals surface area contributed by atoms with Crippen LogP contribution in [-0.2, 0) is 6.54 Å². The van der Waals surface area contributed by atoms with Crippen LogP contribution in [0, 0.1) is 6.92 Å². The van der Waals surface area contributed by atoms with E-state index in [-0.39, 0.29) is 12.2 Å². The van der Waals surface area contributed by atoms with Crippen molar-refractivity contribution in [1.29, 1.82) is 0 Å². The van der Waals surface area contributed by atoms with Crippen LogP contribution in [-0.4, -0.2) is 42.7 Å². The van der Waals surface area contributed by atoms with Gasteiger partial charge in [0, 0.05) is 22.1 Å². The summed E-state index contributed by atoms with van der Waals surface area (Å²) in [7, 11) is 1.62. The van der Waals surface area contributed by atoms with Gasteiger partial charge in [-0.2, -0.15) is 4.98 Å². The van der Waals surface area contributed by atoms with Gasteiger partial charge in [0.25, 0.3) is 0 Å². The Morgan fingerprint density at radius 1 is 1.03 bits per heavy atom. The van der Waals surface area contributed by atoms with Gasteiger partial charge in [0.05, 0.1) is 12.8 Å². The summed E-state index contributed by atoms with van der Waals surface area (Å²) in [5, 5.41) is 8.51. The maximum atomic E-state index is 12.9. The molecule has 10 heteroatoms. The summed E-state index contributed by atoms with van der Waals surface area (Å²) in [4.78, 5) is 23.1. The largest absolute Gasteiger partial charge is 0.497 e. The Bertz CT molecular complexity index is 1490. The van der Waals surface area contributed by atoms with Gasteiger partial charge in [-0.05, 0) is 61.7 Å². The van der Waals surface area contributed by atoms with Crippen molar-refractivity contribution >= 4 is 17.4 Å². The molecule has 2 aromatic carbocycles. The monoisotopic (exact) mass is 460 g/mol. The van der Waals surface area contributed by atoms with E-state index in [4.69, 9.17) is 9.26 Å². The second-order valence-electron chi connectivity index (χ2n) is 7.29. The van der Waals surface area contributed by atoms with E-state index in [1.165, 1.54) is 9.08 Å². The van der Waals surface area contributed by atoms with Crippen LogP contribution in [0.3, 0.4) is 0 Å². The maximum absolute atomic E-state index is 12.9. The predicted molar refractivity (Wildman–Crippen MR) is 125 cm³/mol. The third-order valence-electron chi connectivity index (χ3n) is 5.22. The molecule has 33 heavy (non-hydrogen) atoms. The number of methoxy groups -OCH3 is 1. The van der Waals surface area contributed by atoms with E-state index in [2.05, 4.69) is 20.2 Å². The molecule has 0 fully saturated rings. The van der Waals surface area contributed by atoms with E-state index in [9.17, 15) is 4.79 Å². The quantitative estimate of drug-likeness (QED) is 0.354. The molecule has 0 atom stereocenters. The lowest BCUT2D eigenvalue weighted by molar-refractivity contribution is 0.364. The van der Waals surface area contributed by atoms with Crippen molar-refractivity contribution in [2.75, 3.05) is 13.4 Å². The third kappa shape index (κ3) is 4.00. The topological polar surface area (TPSA) is 100 Å². The molecule has 0 radical (unpaired) electrons. The summed E-state index contributed by atoms with van der Waals surface area (Å²) in [6, 6.07) is 17.2. The maximum Gasteiger partial charge on any atom is 0.352 e. The molecule has 0 aliphatic heterocycles. The summed E-state index contributed by atoms with van der Waals surface area (Å²) in [5.74, 6) is 2.06. The molecule has 9 nitrogen and oxygen atoms in total. The van der Waals surface area contributed by atoms with Crippen molar-refractivity contribution in [3.05, 3.63) is 76.8 Å². The lowest BCUT2D eigenvalue weighted by Gasteiger charge is -2.05. The molecule has 0 N–H and O–H groups in total. The van der Waals surface area contributed by atoms with Crippen LogP contribution >= 0.6 is 11.8 Å². The van der Waals surface area contributed by atoms with Crippen LogP contribution in [0.1, 0.15) is 11.7 Å². The van der Waals surface area contributed by atoms with Gasteiger partial charge in [0.2, 0.25) is 11.7 Å². The Labute approximate surface area is 193 Å². The molecule has 0 aliphatic carbocycles. The van der Waals surface area contributed by atoms with Crippen molar-refractivity contribution in [1.82, 2.24) is 29.3 Å². The molecule has 0 unspecified atom stereocenters. The van der Waals surface area contributed by atoms with Gasteiger partial charge in [0.1, 0.15) is 18.1 Å². The van der Waals surface area contributed by atoms with Gasteiger partial charge in [-0.15, -0.1) is 16.9 Å². The summed E-state index contributed by atoms with van der Waals surface area (Å²) in [6.07, 6.45) is 2.02. The van der Waals surface area contributed by atoms with Crippen molar-refractivity contribution in [3.63, 3.8) is 0 Å². The molecule has 5 aromatic rings. The molecular weight excluding hydrogens is 440 g/mol. The van der Waals surface area contributed by atoms with Crippen LogP contribution in [0.2, 0.25) is 0 Å². The molecule has 0 spiro atoms. The predicted octanol–water partition coefficient (Wildman–Crippen LogP) is 3.70. The van der Waals surface area contributed by atoms with E-state index in [0.29, 0.717) is 28.9 Å². The Morgan fingerprint density at radius 2 is 1.76 bits per heavy atom. The molecule has 0 saturated carbocycles. The van der Waals surface area contributed by atoms with Crippen molar-refractivity contribution in [2.45, 2.75) is 18.4 Å². The Balaban J connectivity index is 1.45. The minimum absolute atomic E-state index is 0.0632. The van der Waals surface area contributed by atoms with Crippen LogP contribution in [0.25, 0.3) is 28.3 Å². The van der Waals surface area contributed by atoms with Crippen LogP contribution < -0.4 is 10.4 Å². The second-order valence-corrected chi connectivity index (χ2v) is 8.17. The van der Waals surface area contributed by atoms with Gasteiger partial charge in [-0.3, -0.25) is 0 Å². The Hall–Kier alpha value is -3.92. The number of hydrogen-bond donors (Lipinski definition) is 0. The highest BCUT2D eigenvalue weighted by atomic mass is 32.2. The second kappa shape index (κ2) is 8.55. The number of nitrogens with zero attached hydrogens (tertiary/aromatic N) is 6. The number of aryl methyl sites for hydroxylation is 1. The molecule has 0 saturated heterocycles. The van der Waals surface area contributed by atoms with Gasteiger partial charge < -0.3 is 9.26 Å². The molecule has 0 amide bonds. The number of aromatic nitrogens is 6. The summed E-state index contributed by atoms with van der Waals surface area (Å²) < 4.78 is 13.4. The van der Waals surface area contributed by atoms with Gasteiger partial charge in [-0.1, -0.05) is 5.16 Å². The standard InChI is InChI=1S/C23H20N6O3S/c1-14-24-19(15-4-8-17(31-2)9-5-15)12-20-26-28(23(30)29(14)20)13-21-25-22(27-32-21)16-6-10-18(33-3)11-7-16/h4-12H,13H2,1-3H3. The first-order valence-corrected chi connectivity index (χ1v) is 11.4. The fourth-order valence-electron chi connectivity index (χ4n) is 3.52. The fraction of sp³-hybridized carbons (Fsp3) is 0.174. The lowest BCUT2D eigenvalue weighted by Crippen LogP contribution is -2.23. The number of ether oxygens (including phenoxy) is 1. The highest BCUT2D eigenvalue weighted by molar-refractivity contribution is 7.98. The number of benzene rings is 2. The summed E-state index contributed by atoms with van der Waals surface area (Å²) >= 11 is 1.66. The first kappa shape index (κ1) is 21.0. The van der Waals surface area contributed by atoms with Gasteiger partial charge in [-0.25, -0.2) is 18.9 Å². The Morgan fingerprint density at radius 3 is 2.45 bits per heavy atom. The summed E-state index contributed by atoms with van der Waals surface area (Å²) in [6.45, 7) is 1.84. The van der Waals surface area contributed by atoms with Crippen LogP contribution in [0.15, 0.2) is 68.8 Å². The highest BCUT2D eigenvalue weighted by Crippen LogP contribution is 2.23.